The standard InChI is InChI=1S/C36H46N4O4/c1-7-9-20-38(21-10-8-2)34(42)32-29(17-19-36(4,5)6)25(3)40(37-32)31-16-15-27(35(43)44)23-30(31)33(41)39-22-18-26-13-11-12-14-28(26)24-39/h11-17,19,23H,7-10,18,20-22,24H2,1-6H3,(H,43,44)/b19-17+. The number of hydrogen-bond donors (Lipinski definition) is 1. The number of fused-ring (bicyclic) bond motifs is 1. The summed E-state index contributed by atoms with van der Waals surface area (Å²) in [6.07, 6.45) is 8.49. The predicted octanol–water partition coefficient (Wildman–Crippen LogP) is 7.18. The monoisotopic (exact) mass is 598 g/mol. The van der Waals surface area contributed by atoms with E-state index in [-0.39, 0.29) is 28.4 Å². The van der Waals surface area contributed by atoms with Gasteiger partial charge >= 0.3 is 5.97 Å². The number of rotatable bonds is 11. The van der Waals surface area contributed by atoms with Gasteiger partial charge in [-0.15, -0.1) is 0 Å². The first-order chi connectivity index (χ1) is 20.9. The number of hydrogen-bond acceptors (Lipinski definition) is 4. The summed E-state index contributed by atoms with van der Waals surface area (Å²) < 4.78 is 1.64. The molecular weight excluding hydrogens is 552 g/mol. The Morgan fingerprint density at radius 2 is 1.66 bits per heavy atom. The quantitative estimate of drug-likeness (QED) is 0.252. The summed E-state index contributed by atoms with van der Waals surface area (Å²) >= 11 is 0. The second kappa shape index (κ2) is 14.1. The van der Waals surface area contributed by atoms with Crippen LogP contribution in [0, 0.1) is 12.3 Å². The number of benzene rings is 2. The van der Waals surface area contributed by atoms with E-state index < -0.39 is 5.97 Å². The molecule has 2 amide bonds. The molecule has 1 aliphatic rings. The van der Waals surface area contributed by atoms with Gasteiger partial charge in [0.15, 0.2) is 5.69 Å². The minimum atomic E-state index is -1.11. The van der Waals surface area contributed by atoms with Crippen molar-refractivity contribution in [2.45, 2.75) is 80.2 Å². The van der Waals surface area contributed by atoms with Crippen molar-refractivity contribution in [3.8, 4) is 5.69 Å². The van der Waals surface area contributed by atoms with Crippen molar-refractivity contribution in [1.29, 1.82) is 0 Å². The van der Waals surface area contributed by atoms with Gasteiger partial charge in [0.25, 0.3) is 11.8 Å². The lowest BCUT2D eigenvalue weighted by Gasteiger charge is -2.29. The molecule has 0 atom stereocenters. The zero-order valence-corrected chi connectivity index (χ0v) is 27.0. The second-order valence-corrected chi connectivity index (χ2v) is 12.7. The zero-order valence-electron chi connectivity index (χ0n) is 27.0. The molecule has 3 aromatic rings. The summed E-state index contributed by atoms with van der Waals surface area (Å²) in [5, 5.41) is 14.7. The minimum Gasteiger partial charge on any atom is -0.478 e. The van der Waals surface area contributed by atoms with Crippen LogP contribution in [0.1, 0.15) is 114 Å². The Balaban J connectivity index is 1.85. The lowest BCUT2D eigenvalue weighted by Crippen LogP contribution is -2.36. The van der Waals surface area contributed by atoms with Crippen LogP contribution in [0.3, 0.4) is 0 Å². The fraction of sp³-hybridized carbons (Fsp3) is 0.444. The highest BCUT2D eigenvalue weighted by molar-refractivity contribution is 6.01. The predicted molar refractivity (Wildman–Crippen MR) is 174 cm³/mol. The van der Waals surface area contributed by atoms with Crippen molar-refractivity contribution >= 4 is 23.9 Å². The summed E-state index contributed by atoms with van der Waals surface area (Å²) in [6, 6.07) is 12.6. The maximum atomic E-state index is 14.1. The molecule has 234 valence electrons. The highest BCUT2D eigenvalue weighted by Crippen LogP contribution is 2.29. The number of nitrogens with zero attached hydrogens (tertiary/aromatic N) is 4. The number of aromatic carboxylic acids is 1. The molecule has 0 saturated carbocycles. The molecule has 2 aromatic carbocycles. The number of carbonyl (C=O) groups excluding carboxylic acids is 2. The van der Waals surface area contributed by atoms with Crippen molar-refractivity contribution in [2.75, 3.05) is 19.6 Å². The summed E-state index contributed by atoms with van der Waals surface area (Å²) in [7, 11) is 0. The third-order valence-electron chi connectivity index (χ3n) is 8.09. The maximum Gasteiger partial charge on any atom is 0.335 e. The number of unbranched alkanes of at least 4 members (excludes halogenated alkanes) is 2. The Morgan fingerprint density at radius 1 is 1.00 bits per heavy atom. The molecule has 0 spiro atoms. The van der Waals surface area contributed by atoms with Gasteiger partial charge in [0, 0.05) is 37.4 Å². The van der Waals surface area contributed by atoms with Crippen LogP contribution in [0.2, 0.25) is 0 Å². The van der Waals surface area contributed by atoms with Gasteiger partial charge in [0.05, 0.1) is 16.8 Å². The molecule has 4 rings (SSSR count). The second-order valence-electron chi connectivity index (χ2n) is 12.7. The molecule has 0 bridgehead atoms. The molecule has 0 unspecified atom stereocenters. The Morgan fingerprint density at radius 3 is 2.27 bits per heavy atom. The van der Waals surface area contributed by atoms with E-state index in [1.165, 1.54) is 17.7 Å². The van der Waals surface area contributed by atoms with Crippen molar-refractivity contribution in [1.82, 2.24) is 19.6 Å². The largest absolute Gasteiger partial charge is 0.478 e. The van der Waals surface area contributed by atoms with Gasteiger partial charge in [-0.3, -0.25) is 9.59 Å². The lowest BCUT2D eigenvalue weighted by atomic mass is 9.95. The van der Waals surface area contributed by atoms with Crippen LogP contribution in [0.25, 0.3) is 11.8 Å². The fourth-order valence-electron chi connectivity index (χ4n) is 5.47. The Hall–Kier alpha value is -4.20. The van der Waals surface area contributed by atoms with Crippen LogP contribution in [0.4, 0.5) is 0 Å². The van der Waals surface area contributed by atoms with Crippen LogP contribution in [-0.2, 0) is 13.0 Å². The zero-order chi connectivity index (χ0) is 32.0. The molecule has 0 aliphatic carbocycles. The van der Waals surface area contributed by atoms with Gasteiger partial charge in [-0.2, -0.15) is 5.10 Å². The summed E-state index contributed by atoms with van der Waals surface area (Å²) in [5.41, 5.74) is 4.64. The summed E-state index contributed by atoms with van der Waals surface area (Å²) in [5.74, 6) is -1.51. The summed E-state index contributed by atoms with van der Waals surface area (Å²) in [6.45, 7) is 14.7. The number of carboxylic acids is 1. The number of carboxylic acid groups (broad SMARTS) is 1. The third kappa shape index (κ3) is 7.47. The Bertz CT molecular complexity index is 1540. The highest BCUT2D eigenvalue weighted by atomic mass is 16.4. The molecule has 8 nitrogen and oxygen atoms in total. The van der Waals surface area contributed by atoms with E-state index >= 15 is 0 Å². The Labute approximate surface area is 261 Å². The van der Waals surface area contributed by atoms with Gasteiger partial charge < -0.3 is 14.9 Å². The molecule has 44 heavy (non-hydrogen) atoms. The van der Waals surface area contributed by atoms with Gasteiger partial charge in [0.2, 0.25) is 0 Å². The smallest absolute Gasteiger partial charge is 0.335 e. The summed E-state index contributed by atoms with van der Waals surface area (Å²) in [4.78, 5) is 43.9. The number of aromatic nitrogens is 2. The minimum absolute atomic E-state index is 0.0220. The van der Waals surface area contributed by atoms with Gasteiger partial charge in [0.1, 0.15) is 0 Å². The lowest BCUT2D eigenvalue weighted by molar-refractivity contribution is 0.0695. The molecule has 1 aromatic heterocycles. The molecule has 1 aliphatic heterocycles. The van der Waals surface area contributed by atoms with E-state index in [1.807, 2.05) is 36.1 Å². The molecule has 0 saturated heterocycles. The SMILES string of the molecule is CCCCN(CCCC)C(=O)c1nn(-c2ccc(C(=O)O)cc2C(=O)N2CCc3ccccc3C2)c(C)c1/C=C/C(C)(C)C. The first-order valence-electron chi connectivity index (χ1n) is 15.8. The van der Waals surface area contributed by atoms with E-state index in [1.54, 1.807) is 15.6 Å². The number of carbonyl (C=O) groups is 3. The molecule has 0 radical (unpaired) electrons. The van der Waals surface area contributed by atoms with E-state index in [0.717, 1.165) is 37.7 Å². The average molecular weight is 599 g/mol. The normalized spacial score (nSPS) is 13.3. The van der Waals surface area contributed by atoms with Crippen LogP contribution < -0.4 is 0 Å². The average Bonchev–Trinajstić information content (AvgIpc) is 3.34. The van der Waals surface area contributed by atoms with Crippen molar-refractivity contribution in [3.05, 3.63) is 87.7 Å². The van der Waals surface area contributed by atoms with Gasteiger partial charge in [-0.05, 0) is 60.9 Å². The van der Waals surface area contributed by atoms with Gasteiger partial charge in [-0.1, -0.05) is 83.9 Å². The van der Waals surface area contributed by atoms with E-state index in [9.17, 15) is 19.5 Å². The first-order valence-corrected chi connectivity index (χ1v) is 15.8. The highest BCUT2D eigenvalue weighted by Gasteiger charge is 2.29. The maximum absolute atomic E-state index is 14.1. The molecular formula is C36H46N4O4. The van der Waals surface area contributed by atoms with Crippen LogP contribution in [0.5, 0.6) is 0 Å². The fourth-order valence-corrected chi connectivity index (χ4v) is 5.47. The van der Waals surface area contributed by atoms with Crippen LogP contribution >= 0.6 is 0 Å². The topological polar surface area (TPSA) is 95.7 Å². The number of amides is 2. The van der Waals surface area contributed by atoms with E-state index in [4.69, 9.17) is 5.10 Å². The van der Waals surface area contributed by atoms with Crippen LogP contribution in [0.15, 0.2) is 48.5 Å². The Kier molecular flexibility index (Phi) is 10.4. The molecule has 8 heteroatoms. The molecule has 2 heterocycles. The van der Waals surface area contributed by atoms with E-state index in [0.29, 0.717) is 48.8 Å². The van der Waals surface area contributed by atoms with Crippen LogP contribution in [-0.4, -0.2) is 62.1 Å². The van der Waals surface area contributed by atoms with Gasteiger partial charge in [-0.25, -0.2) is 9.48 Å². The molecule has 0 fully saturated rings. The van der Waals surface area contributed by atoms with Crippen molar-refractivity contribution in [2.24, 2.45) is 5.41 Å². The molecule has 1 N–H and O–H groups in total. The number of allylic oxidation sites excluding steroid dienone is 1. The van der Waals surface area contributed by atoms with Crippen molar-refractivity contribution in [3.63, 3.8) is 0 Å². The van der Waals surface area contributed by atoms with E-state index in [2.05, 4.69) is 46.8 Å². The first kappa shape index (κ1) is 32.7. The third-order valence-corrected chi connectivity index (χ3v) is 8.09. The van der Waals surface area contributed by atoms with Crippen molar-refractivity contribution < 1.29 is 19.5 Å².